The van der Waals surface area contributed by atoms with Gasteiger partial charge in [-0.2, -0.15) is 0 Å². The van der Waals surface area contributed by atoms with Crippen molar-refractivity contribution in [1.29, 1.82) is 0 Å². The molecule has 29 heavy (non-hydrogen) atoms. The summed E-state index contributed by atoms with van der Waals surface area (Å²) in [7, 11) is 2.03. The fourth-order valence-corrected chi connectivity index (χ4v) is 5.39. The lowest BCUT2D eigenvalue weighted by Gasteiger charge is -2.41. The largest absolute Gasteiger partial charge is 0.466 e. The van der Waals surface area contributed by atoms with Crippen LogP contribution >= 0.6 is 0 Å². The van der Waals surface area contributed by atoms with E-state index in [2.05, 4.69) is 46.7 Å². The smallest absolute Gasteiger partial charge is 0.314 e. The molecule has 0 fully saturated rings. The minimum atomic E-state index is -0.542. The monoisotopic (exact) mass is 393 g/mol. The molecular weight excluding hydrogens is 366 g/mol. The quantitative estimate of drug-likeness (QED) is 0.749. The number of fused-ring (bicyclic) bond motifs is 2. The molecule has 152 valence electrons. The molecule has 6 heteroatoms. The molecule has 2 unspecified atom stereocenters. The number of hydrogen-bond donors (Lipinski definition) is 2. The van der Waals surface area contributed by atoms with Crippen LogP contribution in [-0.2, 0) is 27.2 Å². The fraction of sp³-hybridized carbons (Fsp3) is 0.478. The summed E-state index contributed by atoms with van der Waals surface area (Å²) in [5, 5.41) is 7.28. The SMILES string of the molecule is CCOC(=O)C1CC2=C(NC(C)N2C)C2=C1C(=O)CC1(Cc3ccccc3C1)N2. The number of nitrogens with one attached hydrogen (secondary N) is 2. The zero-order valence-electron chi connectivity index (χ0n) is 17.2. The molecule has 0 saturated carbocycles. The van der Waals surface area contributed by atoms with E-state index < -0.39 is 5.92 Å². The van der Waals surface area contributed by atoms with Crippen LogP contribution in [0.4, 0.5) is 0 Å². The van der Waals surface area contributed by atoms with Gasteiger partial charge in [-0.1, -0.05) is 24.3 Å². The molecule has 0 aromatic heterocycles. The Kier molecular flexibility index (Phi) is 4.02. The van der Waals surface area contributed by atoms with E-state index in [9.17, 15) is 9.59 Å². The third-order valence-electron chi connectivity index (χ3n) is 6.85. The van der Waals surface area contributed by atoms with E-state index in [0.717, 1.165) is 29.9 Å². The maximum Gasteiger partial charge on any atom is 0.314 e. The van der Waals surface area contributed by atoms with E-state index in [0.29, 0.717) is 25.0 Å². The van der Waals surface area contributed by atoms with E-state index in [4.69, 9.17) is 4.74 Å². The maximum atomic E-state index is 13.4. The van der Waals surface area contributed by atoms with Crippen LogP contribution in [0.2, 0.25) is 0 Å². The molecule has 5 rings (SSSR count). The molecule has 1 aromatic carbocycles. The summed E-state index contributed by atoms with van der Waals surface area (Å²) in [6, 6.07) is 8.41. The predicted molar refractivity (Wildman–Crippen MR) is 108 cm³/mol. The van der Waals surface area contributed by atoms with Crippen molar-refractivity contribution in [2.75, 3.05) is 13.7 Å². The minimum absolute atomic E-state index is 0.0696. The summed E-state index contributed by atoms with van der Waals surface area (Å²) in [6.45, 7) is 4.21. The molecule has 2 aliphatic heterocycles. The Morgan fingerprint density at radius 1 is 1.21 bits per heavy atom. The van der Waals surface area contributed by atoms with Crippen molar-refractivity contribution in [2.24, 2.45) is 5.92 Å². The number of nitrogens with zero attached hydrogens (tertiary/aromatic N) is 1. The third-order valence-corrected chi connectivity index (χ3v) is 6.85. The highest BCUT2D eigenvalue weighted by atomic mass is 16.5. The van der Waals surface area contributed by atoms with Gasteiger partial charge in [0, 0.05) is 31.2 Å². The fourth-order valence-electron chi connectivity index (χ4n) is 5.39. The van der Waals surface area contributed by atoms with E-state index in [-0.39, 0.29) is 23.5 Å². The first kappa shape index (κ1) is 18.3. The van der Waals surface area contributed by atoms with Gasteiger partial charge < -0.3 is 20.3 Å². The number of Topliss-reactive ketones (excluding diaryl/α,β-unsaturated/α-hetero) is 1. The summed E-state index contributed by atoms with van der Waals surface area (Å²) >= 11 is 0. The molecule has 1 aromatic rings. The average Bonchev–Trinajstić information content (AvgIpc) is 3.18. The third kappa shape index (κ3) is 2.69. The van der Waals surface area contributed by atoms with Crippen LogP contribution in [0.15, 0.2) is 46.9 Å². The molecule has 4 aliphatic rings. The molecule has 6 nitrogen and oxygen atoms in total. The standard InChI is InChI=1S/C23H27N3O3/c1-4-29-22(28)16-9-17-20(24-13(2)26(17)3)21-19(16)18(27)12-23(25-21)10-14-7-5-6-8-15(14)11-23/h5-8,13,16,24-25H,4,9-12H2,1-3H3. The topological polar surface area (TPSA) is 70.7 Å². The summed E-state index contributed by atoms with van der Waals surface area (Å²) < 4.78 is 5.34. The van der Waals surface area contributed by atoms with Gasteiger partial charge in [-0.3, -0.25) is 9.59 Å². The van der Waals surface area contributed by atoms with Gasteiger partial charge >= 0.3 is 5.97 Å². The lowest BCUT2D eigenvalue weighted by Crippen LogP contribution is -2.54. The number of allylic oxidation sites excluding steroid dienone is 1. The lowest BCUT2D eigenvalue weighted by molar-refractivity contribution is -0.147. The number of benzene rings is 1. The first-order valence-electron chi connectivity index (χ1n) is 10.4. The van der Waals surface area contributed by atoms with Gasteiger partial charge in [0.05, 0.1) is 35.6 Å². The molecular formula is C23H27N3O3. The molecule has 0 radical (unpaired) electrons. The normalized spacial score (nSPS) is 26.7. The van der Waals surface area contributed by atoms with Gasteiger partial charge in [0.1, 0.15) is 0 Å². The Bertz CT molecular complexity index is 952. The summed E-state index contributed by atoms with van der Waals surface area (Å²) in [6.07, 6.45) is 2.67. The number of ether oxygens (including phenoxy) is 1. The average molecular weight is 393 g/mol. The van der Waals surface area contributed by atoms with Gasteiger partial charge in [-0.15, -0.1) is 0 Å². The van der Waals surface area contributed by atoms with E-state index in [1.165, 1.54) is 11.1 Å². The number of esters is 1. The first-order valence-corrected chi connectivity index (χ1v) is 10.4. The first-order chi connectivity index (χ1) is 13.9. The molecule has 1 spiro atoms. The van der Waals surface area contributed by atoms with E-state index >= 15 is 0 Å². The van der Waals surface area contributed by atoms with Crippen molar-refractivity contribution in [1.82, 2.24) is 15.5 Å². The highest BCUT2D eigenvalue weighted by molar-refractivity contribution is 6.04. The van der Waals surface area contributed by atoms with Gasteiger partial charge in [-0.05, 0) is 37.8 Å². The predicted octanol–water partition coefficient (Wildman–Crippen LogP) is 2.02. The molecule has 2 heterocycles. The zero-order chi connectivity index (χ0) is 20.3. The highest BCUT2D eigenvalue weighted by Crippen LogP contribution is 2.45. The number of hydrogen-bond acceptors (Lipinski definition) is 6. The highest BCUT2D eigenvalue weighted by Gasteiger charge is 2.50. The van der Waals surface area contributed by atoms with Crippen molar-refractivity contribution in [3.8, 4) is 0 Å². The molecule has 2 atom stereocenters. The number of carbonyl (C=O) groups excluding carboxylic acids is 2. The van der Waals surface area contributed by atoms with Gasteiger partial charge in [0.2, 0.25) is 0 Å². The van der Waals surface area contributed by atoms with Crippen molar-refractivity contribution < 1.29 is 14.3 Å². The van der Waals surface area contributed by atoms with Gasteiger partial charge in [0.15, 0.2) is 5.78 Å². The second kappa shape index (κ2) is 6.37. The van der Waals surface area contributed by atoms with Crippen LogP contribution in [0.25, 0.3) is 0 Å². The van der Waals surface area contributed by atoms with Crippen molar-refractivity contribution in [2.45, 2.75) is 51.2 Å². The minimum Gasteiger partial charge on any atom is -0.466 e. The van der Waals surface area contributed by atoms with E-state index in [1.54, 1.807) is 6.92 Å². The summed E-state index contributed by atoms with van der Waals surface area (Å²) in [4.78, 5) is 28.4. The van der Waals surface area contributed by atoms with Crippen molar-refractivity contribution in [3.05, 3.63) is 58.1 Å². The van der Waals surface area contributed by atoms with Crippen LogP contribution in [0.3, 0.4) is 0 Å². The second-order valence-corrected chi connectivity index (χ2v) is 8.68. The molecule has 2 aliphatic carbocycles. The number of carbonyl (C=O) groups is 2. The maximum absolute atomic E-state index is 13.4. The van der Waals surface area contributed by atoms with Crippen LogP contribution in [0.5, 0.6) is 0 Å². The van der Waals surface area contributed by atoms with Crippen LogP contribution in [-0.4, -0.2) is 42.0 Å². The number of rotatable bonds is 2. The zero-order valence-corrected chi connectivity index (χ0v) is 17.2. The van der Waals surface area contributed by atoms with Crippen LogP contribution in [0, 0.1) is 5.92 Å². The summed E-state index contributed by atoms with van der Waals surface area (Å²) in [5.41, 5.74) is 5.73. The van der Waals surface area contributed by atoms with E-state index in [1.807, 2.05) is 7.05 Å². The Morgan fingerprint density at radius 3 is 2.55 bits per heavy atom. The van der Waals surface area contributed by atoms with Crippen LogP contribution < -0.4 is 10.6 Å². The van der Waals surface area contributed by atoms with Crippen LogP contribution in [0.1, 0.15) is 37.8 Å². The number of ketones is 1. The Labute approximate surface area is 171 Å². The Balaban J connectivity index is 1.58. The van der Waals surface area contributed by atoms with Crippen molar-refractivity contribution >= 4 is 11.8 Å². The molecule has 0 bridgehead atoms. The molecule has 0 saturated heterocycles. The van der Waals surface area contributed by atoms with Crippen molar-refractivity contribution in [3.63, 3.8) is 0 Å². The second-order valence-electron chi connectivity index (χ2n) is 8.68. The summed E-state index contributed by atoms with van der Waals surface area (Å²) in [5.74, 6) is -0.778. The Hall–Kier alpha value is -2.76. The van der Waals surface area contributed by atoms with Gasteiger partial charge in [-0.25, -0.2) is 0 Å². The molecule has 2 N–H and O–H groups in total. The van der Waals surface area contributed by atoms with Gasteiger partial charge in [0.25, 0.3) is 0 Å². The molecule has 0 amide bonds. The Morgan fingerprint density at radius 2 is 1.90 bits per heavy atom. The lowest BCUT2D eigenvalue weighted by atomic mass is 9.75.